The van der Waals surface area contributed by atoms with Crippen LogP contribution in [-0.2, 0) is 4.74 Å². The summed E-state index contributed by atoms with van der Waals surface area (Å²) in [6.07, 6.45) is 5.34. The fraction of sp³-hybridized carbons (Fsp3) is 0.250. The Kier molecular flexibility index (Phi) is 5.20. The largest absolute Gasteiger partial charge is 0.381 e. The van der Waals surface area contributed by atoms with Crippen LogP contribution in [0.25, 0.3) is 11.3 Å². The van der Waals surface area contributed by atoms with Crippen LogP contribution < -0.4 is 10.6 Å². The van der Waals surface area contributed by atoms with Crippen molar-refractivity contribution in [3.63, 3.8) is 0 Å². The summed E-state index contributed by atoms with van der Waals surface area (Å²) < 4.78 is 18.7. The second kappa shape index (κ2) is 8.09. The first-order valence-electron chi connectivity index (χ1n) is 8.93. The smallest absolute Gasteiger partial charge is 0.223 e. The molecule has 3 aromatic rings. The fourth-order valence-corrected chi connectivity index (χ4v) is 2.99. The van der Waals surface area contributed by atoms with Crippen molar-refractivity contribution < 1.29 is 9.13 Å². The normalized spacial score (nSPS) is 14.7. The molecule has 0 amide bonds. The van der Waals surface area contributed by atoms with Crippen LogP contribution >= 0.6 is 0 Å². The number of hydrogen-bond donors (Lipinski definition) is 2. The van der Waals surface area contributed by atoms with Crippen molar-refractivity contribution >= 4 is 17.5 Å². The molecule has 7 heteroatoms. The Hall–Kier alpha value is -3.06. The number of aromatic nitrogens is 3. The minimum atomic E-state index is -0.296. The summed E-state index contributed by atoms with van der Waals surface area (Å²) in [5.41, 5.74) is 2.34. The molecule has 138 valence electrons. The van der Waals surface area contributed by atoms with Gasteiger partial charge in [0.05, 0.1) is 5.69 Å². The van der Waals surface area contributed by atoms with E-state index in [2.05, 4.69) is 25.6 Å². The zero-order valence-electron chi connectivity index (χ0n) is 14.7. The van der Waals surface area contributed by atoms with E-state index in [1.54, 1.807) is 24.5 Å². The van der Waals surface area contributed by atoms with E-state index in [9.17, 15) is 4.39 Å². The summed E-state index contributed by atoms with van der Waals surface area (Å²) in [6.45, 7) is 1.52. The quantitative estimate of drug-likeness (QED) is 0.712. The highest BCUT2D eigenvalue weighted by Gasteiger charge is 2.14. The third-order valence-electron chi connectivity index (χ3n) is 4.36. The maximum atomic E-state index is 13.4. The van der Waals surface area contributed by atoms with Gasteiger partial charge in [-0.15, -0.1) is 0 Å². The van der Waals surface area contributed by atoms with Crippen LogP contribution in [0, 0.1) is 5.82 Å². The van der Waals surface area contributed by atoms with Crippen molar-refractivity contribution in [3.8, 4) is 11.3 Å². The van der Waals surface area contributed by atoms with Crippen LogP contribution in [0.1, 0.15) is 12.8 Å². The van der Waals surface area contributed by atoms with E-state index < -0.39 is 0 Å². The molecule has 1 aliphatic heterocycles. The molecule has 2 aromatic heterocycles. The molecule has 0 unspecified atom stereocenters. The Morgan fingerprint density at radius 3 is 2.70 bits per heavy atom. The van der Waals surface area contributed by atoms with Gasteiger partial charge in [0.25, 0.3) is 0 Å². The molecule has 0 radical (unpaired) electrons. The van der Waals surface area contributed by atoms with Gasteiger partial charge < -0.3 is 15.4 Å². The maximum absolute atomic E-state index is 13.4. The molecule has 6 nitrogen and oxygen atoms in total. The number of pyridine rings is 1. The van der Waals surface area contributed by atoms with Gasteiger partial charge in [0, 0.05) is 42.9 Å². The summed E-state index contributed by atoms with van der Waals surface area (Å²) in [4.78, 5) is 13.2. The van der Waals surface area contributed by atoms with E-state index in [4.69, 9.17) is 4.74 Å². The van der Waals surface area contributed by atoms with Gasteiger partial charge >= 0.3 is 0 Å². The number of halogens is 1. The van der Waals surface area contributed by atoms with Gasteiger partial charge in [-0.3, -0.25) is 0 Å². The third kappa shape index (κ3) is 4.57. The van der Waals surface area contributed by atoms with Gasteiger partial charge in [0.2, 0.25) is 5.95 Å². The lowest BCUT2D eigenvalue weighted by Crippen LogP contribution is -2.28. The summed E-state index contributed by atoms with van der Waals surface area (Å²) >= 11 is 0. The number of anilines is 3. The van der Waals surface area contributed by atoms with Crippen molar-refractivity contribution in [2.45, 2.75) is 18.9 Å². The van der Waals surface area contributed by atoms with Crippen LogP contribution in [-0.4, -0.2) is 34.2 Å². The lowest BCUT2D eigenvalue weighted by atomic mass is 10.1. The Labute approximate surface area is 156 Å². The predicted molar refractivity (Wildman–Crippen MR) is 102 cm³/mol. The SMILES string of the molecule is Fc1cccc(Nc2cc(-c3ccnc(NC4CCOCC4)n3)ccn2)c1. The lowest BCUT2D eigenvalue weighted by Gasteiger charge is -2.23. The first-order valence-corrected chi connectivity index (χ1v) is 8.93. The molecule has 1 saturated heterocycles. The van der Waals surface area contributed by atoms with E-state index in [-0.39, 0.29) is 5.82 Å². The molecule has 1 fully saturated rings. The Balaban J connectivity index is 1.52. The zero-order chi connectivity index (χ0) is 18.5. The molecule has 1 aromatic carbocycles. The fourth-order valence-electron chi connectivity index (χ4n) is 2.99. The Morgan fingerprint density at radius 2 is 1.85 bits per heavy atom. The first-order chi connectivity index (χ1) is 13.3. The highest BCUT2D eigenvalue weighted by atomic mass is 19.1. The molecule has 1 aliphatic rings. The molecule has 0 bridgehead atoms. The third-order valence-corrected chi connectivity index (χ3v) is 4.36. The number of nitrogens with zero attached hydrogens (tertiary/aromatic N) is 3. The van der Waals surface area contributed by atoms with Crippen molar-refractivity contribution in [2.24, 2.45) is 0 Å². The Morgan fingerprint density at radius 1 is 1.00 bits per heavy atom. The summed E-state index contributed by atoms with van der Waals surface area (Å²) in [7, 11) is 0. The predicted octanol–water partition coefficient (Wildman–Crippen LogP) is 4.01. The lowest BCUT2D eigenvalue weighted by molar-refractivity contribution is 0.0903. The number of rotatable bonds is 5. The highest BCUT2D eigenvalue weighted by Crippen LogP contribution is 2.23. The van der Waals surface area contributed by atoms with Gasteiger partial charge in [-0.05, 0) is 49.2 Å². The number of ether oxygens (including phenoxy) is 1. The number of hydrogen-bond acceptors (Lipinski definition) is 6. The van der Waals surface area contributed by atoms with Crippen LogP contribution in [0.3, 0.4) is 0 Å². The van der Waals surface area contributed by atoms with Crippen molar-refractivity contribution in [1.29, 1.82) is 0 Å². The maximum Gasteiger partial charge on any atom is 0.223 e. The van der Waals surface area contributed by atoms with Crippen LogP contribution in [0.5, 0.6) is 0 Å². The molecule has 0 saturated carbocycles. The molecule has 0 spiro atoms. The van der Waals surface area contributed by atoms with Crippen molar-refractivity contribution in [3.05, 3.63) is 60.7 Å². The molecular weight excluding hydrogens is 345 g/mol. The van der Waals surface area contributed by atoms with E-state index in [1.165, 1.54) is 12.1 Å². The standard InChI is InChI=1S/C20H20FN5O/c21-15-2-1-3-17(13-15)24-19-12-14(4-8-22-19)18-5-9-23-20(26-18)25-16-6-10-27-11-7-16/h1-5,8-9,12-13,16H,6-7,10-11H2,(H,22,24)(H,23,25,26). The zero-order valence-corrected chi connectivity index (χ0v) is 14.7. The van der Waals surface area contributed by atoms with E-state index >= 15 is 0 Å². The monoisotopic (exact) mass is 365 g/mol. The second-order valence-electron chi connectivity index (χ2n) is 6.36. The first kappa shape index (κ1) is 17.4. The molecular formula is C20H20FN5O. The minimum absolute atomic E-state index is 0.296. The highest BCUT2D eigenvalue weighted by molar-refractivity contribution is 5.66. The second-order valence-corrected chi connectivity index (χ2v) is 6.36. The summed E-state index contributed by atoms with van der Waals surface area (Å²) in [6, 6.07) is 12.2. The minimum Gasteiger partial charge on any atom is -0.381 e. The molecule has 0 aliphatic carbocycles. The van der Waals surface area contributed by atoms with Gasteiger partial charge in [-0.2, -0.15) is 0 Å². The van der Waals surface area contributed by atoms with Gasteiger partial charge in [-0.25, -0.2) is 19.3 Å². The average Bonchev–Trinajstić information content (AvgIpc) is 2.69. The molecule has 27 heavy (non-hydrogen) atoms. The number of benzene rings is 1. The molecule has 2 N–H and O–H groups in total. The molecule has 4 rings (SSSR count). The summed E-state index contributed by atoms with van der Waals surface area (Å²) in [5.74, 6) is 0.933. The van der Waals surface area contributed by atoms with Crippen molar-refractivity contribution in [1.82, 2.24) is 15.0 Å². The topological polar surface area (TPSA) is 72.0 Å². The van der Waals surface area contributed by atoms with Crippen LogP contribution in [0.4, 0.5) is 21.8 Å². The number of nitrogens with one attached hydrogen (secondary N) is 2. The Bertz CT molecular complexity index is 914. The molecule has 0 atom stereocenters. The van der Waals surface area contributed by atoms with E-state index in [1.807, 2.05) is 18.2 Å². The summed E-state index contributed by atoms with van der Waals surface area (Å²) in [5, 5.41) is 6.49. The van der Waals surface area contributed by atoms with Crippen LogP contribution in [0.2, 0.25) is 0 Å². The average molecular weight is 365 g/mol. The van der Waals surface area contributed by atoms with Gasteiger partial charge in [-0.1, -0.05) is 6.07 Å². The van der Waals surface area contributed by atoms with Gasteiger partial charge in [0.1, 0.15) is 11.6 Å². The van der Waals surface area contributed by atoms with Gasteiger partial charge in [0.15, 0.2) is 0 Å². The van der Waals surface area contributed by atoms with Crippen molar-refractivity contribution in [2.75, 3.05) is 23.8 Å². The molecule has 3 heterocycles. The van der Waals surface area contributed by atoms with E-state index in [0.29, 0.717) is 23.5 Å². The van der Waals surface area contributed by atoms with Crippen LogP contribution in [0.15, 0.2) is 54.9 Å². The van der Waals surface area contributed by atoms with E-state index in [0.717, 1.165) is 37.3 Å².